The van der Waals surface area contributed by atoms with Gasteiger partial charge in [-0.1, -0.05) is 25.9 Å². The second-order valence-corrected chi connectivity index (χ2v) is 7.95. The van der Waals surface area contributed by atoms with Crippen molar-refractivity contribution in [1.82, 2.24) is 20.4 Å². The summed E-state index contributed by atoms with van der Waals surface area (Å²) in [5.41, 5.74) is 0. The first-order valence-corrected chi connectivity index (χ1v) is 9.75. The van der Waals surface area contributed by atoms with E-state index in [4.69, 9.17) is 9.26 Å². The highest BCUT2D eigenvalue weighted by molar-refractivity contribution is 5.85. The van der Waals surface area contributed by atoms with Crippen molar-refractivity contribution >= 4 is 18.3 Å². The van der Waals surface area contributed by atoms with Crippen LogP contribution in [-0.4, -0.2) is 47.7 Å². The van der Waals surface area contributed by atoms with Gasteiger partial charge in [0.1, 0.15) is 6.10 Å². The second-order valence-electron chi connectivity index (χ2n) is 7.95. The third kappa shape index (κ3) is 7.76. The fourth-order valence-electron chi connectivity index (χ4n) is 3.16. The molecule has 3 atom stereocenters. The molecule has 1 fully saturated rings. The van der Waals surface area contributed by atoms with Gasteiger partial charge in [-0.25, -0.2) is 0 Å². The first-order valence-electron chi connectivity index (χ1n) is 9.75. The number of amides is 1. The van der Waals surface area contributed by atoms with Crippen LogP contribution in [0.3, 0.4) is 0 Å². The van der Waals surface area contributed by atoms with E-state index in [0.717, 1.165) is 13.1 Å². The Kier molecular flexibility index (Phi) is 10.3. The number of aromatic nitrogens is 2. The summed E-state index contributed by atoms with van der Waals surface area (Å²) in [6.45, 7) is 11.4. The molecule has 1 aliphatic rings. The van der Waals surface area contributed by atoms with E-state index in [1.54, 1.807) is 11.9 Å². The van der Waals surface area contributed by atoms with E-state index in [-0.39, 0.29) is 24.4 Å². The predicted molar refractivity (Wildman–Crippen MR) is 107 cm³/mol. The molecule has 0 radical (unpaired) electrons. The maximum absolute atomic E-state index is 12.5. The Bertz CT molecular complexity index is 561. The number of piperidine rings is 1. The lowest BCUT2D eigenvalue weighted by Gasteiger charge is -2.29. The molecule has 156 valence electrons. The molecule has 0 spiro atoms. The Morgan fingerprint density at radius 2 is 2.11 bits per heavy atom. The molecule has 0 bridgehead atoms. The van der Waals surface area contributed by atoms with Gasteiger partial charge in [-0.15, -0.1) is 12.4 Å². The smallest absolute Gasteiger partial charge is 0.246 e. The molecule has 3 unspecified atom stereocenters. The molecule has 1 amide bonds. The van der Waals surface area contributed by atoms with Crippen LogP contribution in [0.5, 0.6) is 0 Å². The van der Waals surface area contributed by atoms with Crippen LogP contribution < -0.4 is 5.32 Å². The third-order valence-electron chi connectivity index (χ3n) is 4.96. The van der Waals surface area contributed by atoms with Crippen LogP contribution in [0, 0.1) is 17.8 Å². The highest BCUT2D eigenvalue weighted by atomic mass is 35.5. The molecule has 1 saturated heterocycles. The first-order chi connectivity index (χ1) is 12.4. The van der Waals surface area contributed by atoms with Crippen LogP contribution in [0.4, 0.5) is 0 Å². The summed E-state index contributed by atoms with van der Waals surface area (Å²) in [6, 6.07) is 0. The highest BCUT2D eigenvalue weighted by Crippen LogP contribution is 2.23. The largest absolute Gasteiger partial charge is 0.370 e. The molecule has 8 heteroatoms. The van der Waals surface area contributed by atoms with Crippen LogP contribution in [0.25, 0.3) is 0 Å². The zero-order valence-corrected chi connectivity index (χ0v) is 18.1. The minimum atomic E-state index is -0.213. The molecule has 1 N–H and O–H groups in total. The van der Waals surface area contributed by atoms with E-state index in [2.05, 4.69) is 36.2 Å². The number of nitrogens with zero attached hydrogens (tertiary/aromatic N) is 3. The van der Waals surface area contributed by atoms with Gasteiger partial charge in [-0.05, 0) is 50.6 Å². The van der Waals surface area contributed by atoms with Crippen molar-refractivity contribution in [3.05, 3.63) is 11.7 Å². The number of hydrogen-bond acceptors (Lipinski definition) is 6. The topological polar surface area (TPSA) is 80.5 Å². The molecule has 27 heavy (non-hydrogen) atoms. The van der Waals surface area contributed by atoms with E-state index in [1.807, 2.05) is 6.92 Å². The highest BCUT2D eigenvalue weighted by Gasteiger charge is 2.24. The van der Waals surface area contributed by atoms with E-state index in [1.165, 1.54) is 12.8 Å². The SMILES string of the molecule is CC(C)COC(C)c1noc(CN(C)C(=O)CC(C)C2CCCNC2)n1.Cl. The Balaban J connectivity index is 0.00000364. The van der Waals surface area contributed by atoms with Crippen molar-refractivity contribution in [2.45, 2.75) is 59.6 Å². The van der Waals surface area contributed by atoms with Gasteiger partial charge in [0.25, 0.3) is 0 Å². The van der Waals surface area contributed by atoms with Crippen LogP contribution in [-0.2, 0) is 16.1 Å². The fraction of sp³-hybridized carbons (Fsp3) is 0.842. The quantitative estimate of drug-likeness (QED) is 0.683. The molecule has 0 saturated carbocycles. The molecule has 0 aliphatic carbocycles. The lowest BCUT2D eigenvalue weighted by atomic mass is 9.85. The van der Waals surface area contributed by atoms with Gasteiger partial charge in [0.2, 0.25) is 11.8 Å². The van der Waals surface area contributed by atoms with Crippen molar-refractivity contribution in [2.75, 3.05) is 26.7 Å². The first kappa shape index (κ1) is 23.9. The minimum absolute atomic E-state index is 0. The fourth-order valence-corrected chi connectivity index (χ4v) is 3.16. The van der Waals surface area contributed by atoms with Crippen LogP contribution in [0.1, 0.15) is 64.8 Å². The van der Waals surface area contributed by atoms with Crippen molar-refractivity contribution in [2.24, 2.45) is 17.8 Å². The number of carbonyl (C=O) groups is 1. The minimum Gasteiger partial charge on any atom is -0.370 e. The monoisotopic (exact) mass is 402 g/mol. The zero-order valence-electron chi connectivity index (χ0n) is 17.2. The van der Waals surface area contributed by atoms with Crippen molar-refractivity contribution in [3.8, 4) is 0 Å². The maximum Gasteiger partial charge on any atom is 0.246 e. The Hall–Kier alpha value is -1.18. The van der Waals surface area contributed by atoms with Gasteiger partial charge < -0.3 is 19.5 Å². The Morgan fingerprint density at radius 3 is 2.74 bits per heavy atom. The van der Waals surface area contributed by atoms with Crippen LogP contribution >= 0.6 is 12.4 Å². The average Bonchev–Trinajstić information content (AvgIpc) is 3.08. The van der Waals surface area contributed by atoms with E-state index in [9.17, 15) is 4.79 Å². The molecule has 2 heterocycles. The second kappa shape index (κ2) is 11.6. The standard InChI is InChI=1S/C19H34N4O3.ClH/c1-13(2)12-25-15(4)19-21-17(26-22-19)11-23(5)18(24)9-14(3)16-7-6-8-20-10-16;/h13-16,20H,6-12H2,1-5H3;1H. The lowest BCUT2D eigenvalue weighted by molar-refractivity contribution is -0.132. The van der Waals surface area contributed by atoms with Gasteiger partial charge in [-0.3, -0.25) is 4.79 Å². The molecular formula is C19H35ClN4O3. The molecular weight excluding hydrogens is 368 g/mol. The zero-order chi connectivity index (χ0) is 19.1. The van der Waals surface area contributed by atoms with Gasteiger partial charge in [0, 0.05) is 20.1 Å². The van der Waals surface area contributed by atoms with Gasteiger partial charge >= 0.3 is 0 Å². The van der Waals surface area contributed by atoms with E-state index >= 15 is 0 Å². The summed E-state index contributed by atoms with van der Waals surface area (Å²) < 4.78 is 11.0. The summed E-state index contributed by atoms with van der Waals surface area (Å²) in [4.78, 5) is 18.6. The number of carbonyl (C=O) groups excluding carboxylic acids is 1. The van der Waals surface area contributed by atoms with Crippen molar-refractivity contribution in [1.29, 1.82) is 0 Å². The van der Waals surface area contributed by atoms with Gasteiger partial charge in [0.05, 0.1) is 6.54 Å². The predicted octanol–water partition coefficient (Wildman–Crippen LogP) is 3.21. The van der Waals surface area contributed by atoms with Crippen molar-refractivity contribution in [3.63, 3.8) is 0 Å². The summed E-state index contributed by atoms with van der Waals surface area (Å²) in [5.74, 6) is 2.50. The molecule has 7 nitrogen and oxygen atoms in total. The summed E-state index contributed by atoms with van der Waals surface area (Å²) in [5, 5.41) is 7.40. The van der Waals surface area contributed by atoms with Gasteiger partial charge in [-0.2, -0.15) is 4.98 Å². The van der Waals surface area contributed by atoms with Gasteiger partial charge in [0.15, 0.2) is 5.82 Å². The van der Waals surface area contributed by atoms with Crippen LogP contribution in [0.2, 0.25) is 0 Å². The van der Waals surface area contributed by atoms with Crippen LogP contribution in [0.15, 0.2) is 4.52 Å². The lowest BCUT2D eigenvalue weighted by Crippen LogP contribution is -2.36. The Labute approximate surface area is 169 Å². The summed E-state index contributed by atoms with van der Waals surface area (Å²) in [7, 11) is 1.79. The van der Waals surface area contributed by atoms with E-state index < -0.39 is 0 Å². The van der Waals surface area contributed by atoms with Crippen molar-refractivity contribution < 1.29 is 14.1 Å². The number of ether oxygens (including phenoxy) is 1. The molecule has 1 aromatic heterocycles. The molecule has 1 aliphatic heterocycles. The normalized spacial score (nSPS) is 19.4. The number of halogens is 1. The third-order valence-corrected chi connectivity index (χ3v) is 4.96. The summed E-state index contributed by atoms with van der Waals surface area (Å²) in [6.07, 6.45) is 2.74. The Morgan fingerprint density at radius 1 is 1.37 bits per heavy atom. The molecule has 0 aromatic carbocycles. The number of hydrogen-bond donors (Lipinski definition) is 1. The molecule has 1 aromatic rings. The van der Waals surface area contributed by atoms with E-state index in [0.29, 0.717) is 49.0 Å². The number of nitrogens with one attached hydrogen (secondary N) is 1. The number of rotatable bonds is 9. The molecule has 2 rings (SSSR count). The average molecular weight is 403 g/mol. The summed E-state index contributed by atoms with van der Waals surface area (Å²) >= 11 is 0. The maximum atomic E-state index is 12.5.